The van der Waals surface area contributed by atoms with Crippen molar-refractivity contribution >= 4 is 0 Å². The average Bonchev–Trinajstić information content (AvgIpc) is 2.70. The van der Waals surface area contributed by atoms with E-state index in [1.54, 1.807) is 6.07 Å². The van der Waals surface area contributed by atoms with Crippen molar-refractivity contribution in [2.75, 3.05) is 0 Å². The summed E-state index contributed by atoms with van der Waals surface area (Å²) in [6.07, 6.45) is -0.682. The standard InChI is InChI=1S/C19H24O2.C8H10O/c1-13-9-11-16(12-10-13)18(20)19(4,5)21-17-8-6-7-14(2)15(17)3;1-6-4-3-5-8(9)7(6)2/h6-12,18,20H,1-5H3;3-5,9H,1-2H3. The van der Waals surface area contributed by atoms with E-state index in [-0.39, 0.29) is 0 Å². The molecule has 1 unspecified atom stereocenters. The lowest BCUT2D eigenvalue weighted by molar-refractivity contribution is -0.0305. The number of hydrogen-bond acceptors (Lipinski definition) is 3. The Labute approximate surface area is 181 Å². The number of aliphatic hydroxyl groups excluding tert-OH is 1. The van der Waals surface area contributed by atoms with Gasteiger partial charge < -0.3 is 14.9 Å². The molecular formula is C27H34O3. The van der Waals surface area contributed by atoms with Crippen LogP contribution in [0.15, 0.2) is 60.7 Å². The molecule has 0 saturated heterocycles. The molecule has 3 aromatic rings. The van der Waals surface area contributed by atoms with E-state index in [1.165, 1.54) is 11.1 Å². The third-order valence-corrected chi connectivity index (χ3v) is 5.56. The molecule has 0 saturated carbocycles. The summed E-state index contributed by atoms with van der Waals surface area (Å²) in [5.74, 6) is 1.21. The Hall–Kier alpha value is -2.78. The van der Waals surface area contributed by atoms with Gasteiger partial charge in [-0.1, -0.05) is 54.1 Å². The minimum atomic E-state index is -0.701. The summed E-state index contributed by atoms with van der Waals surface area (Å²) < 4.78 is 6.11. The predicted molar refractivity (Wildman–Crippen MR) is 124 cm³/mol. The van der Waals surface area contributed by atoms with E-state index in [1.807, 2.05) is 90.1 Å². The SMILES string of the molecule is Cc1ccc(C(O)C(C)(C)Oc2cccc(C)c2C)cc1.Cc1cccc(O)c1C. The monoisotopic (exact) mass is 406 g/mol. The minimum absolute atomic E-state index is 0.384. The third kappa shape index (κ3) is 5.87. The molecule has 0 amide bonds. The molecule has 3 nitrogen and oxygen atoms in total. The van der Waals surface area contributed by atoms with Crippen LogP contribution in [0.5, 0.6) is 11.5 Å². The van der Waals surface area contributed by atoms with Crippen molar-refractivity contribution in [2.45, 2.75) is 60.2 Å². The zero-order valence-corrected chi connectivity index (χ0v) is 19.2. The summed E-state index contributed by atoms with van der Waals surface area (Å²) in [6, 6.07) is 19.4. The maximum Gasteiger partial charge on any atom is 0.133 e. The lowest BCUT2D eigenvalue weighted by Gasteiger charge is -2.32. The molecular weight excluding hydrogens is 372 g/mol. The van der Waals surface area contributed by atoms with Gasteiger partial charge in [-0.3, -0.25) is 0 Å². The number of aromatic hydroxyl groups is 1. The summed E-state index contributed by atoms with van der Waals surface area (Å²) in [5, 5.41) is 19.7. The number of rotatable bonds is 4. The number of ether oxygens (including phenoxy) is 1. The zero-order valence-electron chi connectivity index (χ0n) is 19.2. The van der Waals surface area contributed by atoms with E-state index in [9.17, 15) is 5.11 Å². The van der Waals surface area contributed by atoms with Gasteiger partial charge in [-0.2, -0.15) is 0 Å². The van der Waals surface area contributed by atoms with Gasteiger partial charge in [0.2, 0.25) is 0 Å². The van der Waals surface area contributed by atoms with E-state index < -0.39 is 11.7 Å². The molecule has 1 atom stereocenters. The second kappa shape index (κ2) is 9.82. The predicted octanol–water partition coefficient (Wildman–Crippen LogP) is 6.51. The van der Waals surface area contributed by atoms with Crippen molar-refractivity contribution in [1.82, 2.24) is 0 Å². The van der Waals surface area contributed by atoms with Crippen molar-refractivity contribution in [3.05, 3.63) is 94.0 Å². The van der Waals surface area contributed by atoms with Gasteiger partial charge >= 0.3 is 0 Å². The Kier molecular flexibility index (Phi) is 7.69. The number of hydrogen-bond donors (Lipinski definition) is 2. The number of benzene rings is 3. The first kappa shape index (κ1) is 23.5. The molecule has 0 aromatic heterocycles. The minimum Gasteiger partial charge on any atom is -0.508 e. The second-order valence-electron chi connectivity index (χ2n) is 8.44. The number of aryl methyl sites for hydroxylation is 3. The average molecular weight is 407 g/mol. The van der Waals surface area contributed by atoms with Crippen molar-refractivity contribution in [3.63, 3.8) is 0 Å². The summed E-state index contributed by atoms with van der Waals surface area (Å²) in [5.41, 5.74) is 5.76. The molecule has 0 aliphatic rings. The molecule has 0 aliphatic carbocycles. The third-order valence-electron chi connectivity index (χ3n) is 5.56. The Bertz CT molecular complexity index is 952. The highest BCUT2D eigenvalue weighted by atomic mass is 16.5. The van der Waals surface area contributed by atoms with E-state index >= 15 is 0 Å². The Morgan fingerprint density at radius 2 is 1.27 bits per heavy atom. The van der Waals surface area contributed by atoms with Crippen LogP contribution in [0.25, 0.3) is 0 Å². The molecule has 0 bridgehead atoms. The fourth-order valence-corrected chi connectivity index (χ4v) is 3.06. The van der Waals surface area contributed by atoms with Gasteiger partial charge in [-0.15, -0.1) is 0 Å². The van der Waals surface area contributed by atoms with Crippen molar-refractivity contribution in [1.29, 1.82) is 0 Å². The highest BCUT2D eigenvalue weighted by Crippen LogP contribution is 2.33. The van der Waals surface area contributed by atoms with Gasteiger partial charge in [-0.05, 0) is 88.4 Å². The van der Waals surface area contributed by atoms with Crippen LogP contribution < -0.4 is 4.74 Å². The lowest BCUT2D eigenvalue weighted by atomic mass is 9.93. The fourth-order valence-electron chi connectivity index (χ4n) is 3.06. The topological polar surface area (TPSA) is 49.7 Å². The van der Waals surface area contributed by atoms with Crippen LogP contribution in [0.2, 0.25) is 0 Å². The maximum absolute atomic E-state index is 10.6. The summed E-state index contributed by atoms with van der Waals surface area (Å²) in [4.78, 5) is 0. The molecule has 160 valence electrons. The Morgan fingerprint density at radius 1 is 0.733 bits per heavy atom. The van der Waals surface area contributed by atoms with Crippen molar-refractivity contribution < 1.29 is 14.9 Å². The molecule has 0 heterocycles. The molecule has 0 radical (unpaired) electrons. The van der Waals surface area contributed by atoms with Crippen molar-refractivity contribution in [2.24, 2.45) is 0 Å². The van der Waals surface area contributed by atoms with Gasteiger partial charge in [-0.25, -0.2) is 0 Å². The molecule has 0 fully saturated rings. The zero-order chi connectivity index (χ0) is 22.5. The van der Waals surface area contributed by atoms with E-state index in [2.05, 4.69) is 13.0 Å². The fraction of sp³-hybridized carbons (Fsp3) is 0.333. The number of phenols is 1. The molecule has 2 N–H and O–H groups in total. The molecule has 3 heteroatoms. The first-order chi connectivity index (χ1) is 14.0. The summed E-state index contributed by atoms with van der Waals surface area (Å²) in [6.45, 7) is 13.9. The van der Waals surface area contributed by atoms with Gasteiger partial charge in [0, 0.05) is 0 Å². The van der Waals surface area contributed by atoms with Crippen LogP contribution in [-0.4, -0.2) is 15.8 Å². The van der Waals surface area contributed by atoms with E-state index in [0.717, 1.165) is 28.0 Å². The van der Waals surface area contributed by atoms with Crippen LogP contribution in [0.4, 0.5) is 0 Å². The highest BCUT2D eigenvalue weighted by Gasteiger charge is 2.31. The summed E-state index contributed by atoms with van der Waals surface area (Å²) in [7, 11) is 0. The Balaban J connectivity index is 0.000000297. The molecule has 0 aliphatic heterocycles. The smallest absolute Gasteiger partial charge is 0.133 e. The molecule has 3 aromatic carbocycles. The lowest BCUT2D eigenvalue weighted by Crippen LogP contribution is -2.36. The quantitative estimate of drug-likeness (QED) is 0.519. The largest absolute Gasteiger partial charge is 0.508 e. The van der Waals surface area contributed by atoms with Crippen LogP contribution in [-0.2, 0) is 0 Å². The number of phenolic OH excluding ortho intramolecular Hbond substituents is 1. The number of aliphatic hydroxyl groups is 1. The molecule has 30 heavy (non-hydrogen) atoms. The van der Waals surface area contributed by atoms with Crippen LogP contribution in [0.3, 0.4) is 0 Å². The second-order valence-corrected chi connectivity index (χ2v) is 8.44. The molecule has 0 spiro atoms. The van der Waals surface area contributed by atoms with Gasteiger partial charge in [0.15, 0.2) is 0 Å². The highest BCUT2D eigenvalue weighted by molar-refractivity contribution is 5.39. The van der Waals surface area contributed by atoms with Crippen LogP contribution >= 0.6 is 0 Å². The van der Waals surface area contributed by atoms with Crippen molar-refractivity contribution in [3.8, 4) is 11.5 Å². The maximum atomic E-state index is 10.6. The van der Waals surface area contributed by atoms with Gasteiger partial charge in [0.25, 0.3) is 0 Å². The first-order valence-electron chi connectivity index (χ1n) is 10.3. The van der Waals surface area contributed by atoms with Crippen LogP contribution in [0, 0.1) is 34.6 Å². The Morgan fingerprint density at radius 3 is 1.80 bits per heavy atom. The normalized spacial score (nSPS) is 12.0. The van der Waals surface area contributed by atoms with Crippen LogP contribution in [0.1, 0.15) is 53.3 Å². The van der Waals surface area contributed by atoms with E-state index in [4.69, 9.17) is 9.84 Å². The first-order valence-corrected chi connectivity index (χ1v) is 10.3. The van der Waals surface area contributed by atoms with E-state index in [0.29, 0.717) is 5.75 Å². The molecule has 3 rings (SSSR count). The summed E-state index contributed by atoms with van der Waals surface area (Å²) >= 11 is 0. The van der Waals surface area contributed by atoms with Gasteiger partial charge in [0.05, 0.1) is 0 Å². The van der Waals surface area contributed by atoms with Gasteiger partial charge in [0.1, 0.15) is 23.2 Å².